The minimum Gasteiger partial charge on any atom is -0.478 e. The monoisotopic (exact) mass is 180 g/mol. The minimum atomic E-state index is -1.19. The average Bonchev–Trinajstić information content (AvgIpc) is 2.03. The van der Waals surface area contributed by atoms with Gasteiger partial charge in [-0.2, -0.15) is 5.26 Å². The maximum absolute atomic E-state index is 10.6. The lowest BCUT2D eigenvalue weighted by Crippen LogP contribution is -2.02. The molecule has 0 amide bonds. The Morgan fingerprint density at radius 2 is 2.42 bits per heavy atom. The van der Waals surface area contributed by atoms with Gasteiger partial charge in [0.2, 0.25) is 0 Å². The Kier molecular flexibility index (Phi) is 2.21. The molecule has 5 heteroatoms. The fourth-order valence-corrected chi connectivity index (χ4v) is 1.04. The quantitative estimate of drug-likeness (QED) is 0.639. The van der Waals surface area contributed by atoms with Crippen molar-refractivity contribution in [2.24, 2.45) is 0 Å². The summed E-state index contributed by atoms with van der Waals surface area (Å²) in [5.74, 6) is -1.19. The van der Waals surface area contributed by atoms with E-state index in [1.807, 2.05) is 0 Å². The molecule has 0 atom stereocenters. The first-order valence-electron chi connectivity index (χ1n) is 3.02. The molecule has 0 aliphatic rings. The summed E-state index contributed by atoms with van der Waals surface area (Å²) in [5.41, 5.74) is -0.162. The van der Waals surface area contributed by atoms with Crippen LogP contribution in [-0.4, -0.2) is 16.1 Å². The maximum Gasteiger partial charge on any atom is 0.340 e. The highest BCUT2D eigenvalue weighted by atomic mass is 32.1. The van der Waals surface area contributed by atoms with Crippen LogP contribution in [0.25, 0.3) is 0 Å². The molecule has 4 nitrogen and oxygen atoms in total. The van der Waals surface area contributed by atoms with Crippen LogP contribution in [0.4, 0.5) is 0 Å². The normalized spacial score (nSPS) is 8.92. The molecule has 0 saturated carbocycles. The Morgan fingerprint density at radius 1 is 1.75 bits per heavy atom. The van der Waals surface area contributed by atoms with Gasteiger partial charge in [-0.3, -0.25) is 0 Å². The number of nitriles is 1. The van der Waals surface area contributed by atoms with E-state index in [-0.39, 0.29) is 15.8 Å². The number of H-pyrrole nitrogens is 1. The van der Waals surface area contributed by atoms with E-state index in [0.717, 1.165) is 0 Å². The van der Waals surface area contributed by atoms with E-state index >= 15 is 0 Å². The predicted octanol–water partition coefficient (Wildman–Crippen LogP) is 1.31. The SMILES string of the molecule is N#Cc1[nH]ccc(=S)c1C(=O)O. The van der Waals surface area contributed by atoms with Crippen LogP contribution in [0.1, 0.15) is 16.1 Å². The number of aromatic nitrogens is 1. The Balaban J connectivity index is 3.54. The first-order valence-corrected chi connectivity index (χ1v) is 3.42. The maximum atomic E-state index is 10.6. The predicted molar refractivity (Wildman–Crippen MR) is 43.3 cm³/mol. The highest BCUT2D eigenvalue weighted by molar-refractivity contribution is 7.71. The second kappa shape index (κ2) is 3.15. The third-order valence-electron chi connectivity index (χ3n) is 1.28. The van der Waals surface area contributed by atoms with Crippen LogP contribution in [0, 0.1) is 15.8 Å². The molecule has 0 saturated heterocycles. The van der Waals surface area contributed by atoms with Crippen molar-refractivity contribution in [3.05, 3.63) is 28.0 Å². The number of hydrogen-bond acceptors (Lipinski definition) is 3. The lowest BCUT2D eigenvalue weighted by molar-refractivity contribution is 0.0695. The molecule has 2 N–H and O–H groups in total. The summed E-state index contributed by atoms with van der Waals surface area (Å²) in [5, 5.41) is 17.1. The van der Waals surface area contributed by atoms with E-state index in [1.54, 1.807) is 6.07 Å². The van der Waals surface area contributed by atoms with Crippen molar-refractivity contribution in [1.29, 1.82) is 5.26 Å². The molecule has 1 heterocycles. The Hall–Kier alpha value is -1.67. The molecule has 1 aromatic rings. The summed E-state index contributed by atoms with van der Waals surface area (Å²) >= 11 is 4.73. The topological polar surface area (TPSA) is 76.9 Å². The number of rotatable bonds is 1. The van der Waals surface area contributed by atoms with Crippen molar-refractivity contribution in [3.63, 3.8) is 0 Å². The highest BCUT2D eigenvalue weighted by Crippen LogP contribution is 2.06. The summed E-state index contributed by atoms with van der Waals surface area (Å²) < 4.78 is 0.165. The molecule has 1 aromatic heterocycles. The average molecular weight is 180 g/mol. The van der Waals surface area contributed by atoms with Crippen molar-refractivity contribution in [1.82, 2.24) is 4.98 Å². The van der Waals surface area contributed by atoms with E-state index in [2.05, 4.69) is 4.98 Å². The Morgan fingerprint density at radius 3 is 2.83 bits per heavy atom. The third kappa shape index (κ3) is 1.33. The molecule has 12 heavy (non-hydrogen) atoms. The van der Waals surface area contributed by atoms with Gasteiger partial charge in [0.05, 0.1) is 4.51 Å². The summed E-state index contributed by atoms with van der Waals surface area (Å²) in [7, 11) is 0. The lowest BCUT2D eigenvalue weighted by atomic mass is 10.2. The smallest absolute Gasteiger partial charge is 0.340 e. The fraction of sp³-hybridized carbons (Fsp3) is 0. The van der Waals surface area contributed by atoms with Crippen LogP contribution in [-0.2, 0) is 0 Å². The molecule has 0 spiro atoms. The summed E-state index contributed by atoms with van der Waals surface area (Å²) in [6.07, 6.45) is 1.44. The second-order valence-corrected chi connectivity index (χ2v) is 2.45. The van der Waals surface area contributed by atoms with Gasteiger partial charge in [-0.15, -0.1) is 0 Å². The van der Waals surface area contributed by atoms with Crippen molar-refractivity contribution in [2.45, 2.75) is 0 Å². The van der Waals surface area contributed by atoms with Gasteiger partial charge in [-0.05, 0) is 6.07 Å². The van der Waals surface area contributed by atoms with Crippen LogP contribution in [0.5, 0.6) is 0 Å². The number of hydrogen-bond donors (Lipinski definition) is 2. The number of aromatic amines is 1. The molecule has 1 rings (SSSR count). The number of aromatic carboxylic acids is 1. The first kappa shape index (κ1) is 8.43. The van der Waals surface area contributed by atoms with Crippen LogP contribution in [0.15, 0.2) is 12.3 Å². The number of nitrogens with zero attached hydrogens (tertiary/aromatic N) is 1. The first-order chi connectivity index (χ1) is 5.66. The molecule has 0 unspecified atom stereocenters. The number of carboxylic acids is 1. The zero-order valence-corrected chi connectivity index (χ0v) is 6.68. The van der Waals surface area contributed by atoms with Gasteiger partial charge in [0.1, 0.15) is 17.3 Å². The number of nitrogens with one attached hydrogen (secondary N) is 1. The number of carboxylic acid groups (broad SMARTS) is 1. The molecule has 60 valence electrons. The molecule has 0 radical (unpaired) electrons. The fourth-order valence-electron chi connectivity index (χ4n) is 0.780. The zero-order valence-electron chi connectivity index (χ0n) is 5.87. The number of pyridine rings is 1. The van der Waals surface area contributed by atoms with Gasteiger partial charge in [0.25, 0.3) is 0 Å². The van der Waals surface area contributed by atoms with Gasteiger partial charge < -0.3 is 10.1 Å². The van der Waals surface area contributed by atoms with Crippen LogP contribution < -0.4 is 0 Å². The largest absolute Gasteiger partial charge is 0.478 e. The van der Waals surface area contributed by atoms with Crippen molar-refractivity contribution >= 4 is 18.2 Å². The lowest BCUT2D eigenvalue weighted by Gasteiger charge is -1.96. The Labute approximate surface area is 73.1 Å². The molecule has 0 aliphatic heterocycles. The molecule has 0 fully saturated rings. The van der Waals surface area contributed by atoms with Gasteiger partial charge in [0, 0.05) is 6.20 Å². The van der Waals surface area contributed by atoms with Crippen LogP contribution >= 0.6 is 12.2 Å². The zero-order chi connectivity index (χ0) is 9.14. The van der Waals surface area contributed by atoms with Crippen molar-refractivity contribution < 1.29 is 9.90 Å². The molecular weight excluding hydrogens is 176 g/mol. The standard InChI is InChI=1S/C7H4N2O2S/c8-3-4-6(7(10)11)5(12)1-2-9-4/h1-2H,(H,9,12)(H,10,11). The van der Waals surface area contributed by atoms with Gasteiger partial charge in [0.15, 0.2) is 0 Å². The molecular formula is C7H4N2O2S. The molecule has 0 aliphatic carbocycles. The van der Waals surface area contributed by atoms with Crippen LogP contribution in [0.2, 0.25) is 0 Å². The molecule has 0 aromatic carbocycles. The summed E-state index contributed by atoms with van der Waals surface area (Å²) in [6, 6.07) is 3.14. The van der Waals surface area contributed by atoms with Gasteiger partial charge in [-0.1, -0.05) is 12.2 Å². The Bertz CT molecular complexity index is 416. The van der Waals surface area contributed by atoms with E-state index in [1.165, 1.54) is 12.3 Å². The summed E-state index contributed by atoms with van der Waals surface area (Å²) in [4.78, 5) is 13.1. The van der Waals surface area contributed by atoms with Gasteiger partial charge >= 0.3 is 5.97 Å². The third-order valence-corrected chi connectivity index (χ3v) is 1.62. The van der Waals surface area contributed by atoms with E-state index in [0.29, 0.717) is 0 Å². The van der Waals surface area contributed by atoms with Crippen molar-refractivity contribution in [2.75, 3.05) is 0 Å². The second-order valence-electron chi connectivity index (χ2n) is 2.01. The minimum absolute atomic E-state index is 0.0185. The van der Waals surface area contributed by atoms with E-state index < -0.39 is 5.97 Å². The van der Waals surface area contributed by atoms with Crippen LogP contribution in [0.3, 0.4) is 0 Å². The van der Waals surface area contributed by atoms with E-state index in [4.69, 9.17) is 22.6 Å². The number of carbonyl (C=O) groups is 1. The highest BCUT2D eigenvalue weighted by Gasteiger charge is 2.10. The van der Waals surface area contributed by atoms with Gasteiger partial charge in [-0.25, -0.2) is 4.79 Å². The summed E-state index contributed by atoms with van der Waals surface area (Å²) in [6.45, 7) is 0. The molecule has 0 bridgehead atoms. The van der Waals surface area contributed by atoms with E-state index in [9.17, 15) is 4.79 Å². The van der Waals surface area contributed by atoms with Crippen molar-refractivity contribution in [3.8, 4) is 6.07 Å².